The third-order valence-corrected chi connectivity index (χ3v) is 5.59. The zero-order valence-electron chi connectivity index (χ0n) is 16.2. The predicted octanol–water partition coefficient (Wildman–Crippen LogP) is 3.34. The van der Waals surface area contributed by atoms with Gasteiger partial charge < -0.3 is 15.1 Å². The molecule has 0 saturated carbocycles. The summed E-state index contributed by atoms with van der Waals surface area (Å²) in [5.41, 5.74) is 3.99. The molecular weight excluding hydrogens is 350 g/mol. The molecule has 0 radical (unpaired) electrons. The lowest BCUT2D eigenvalue weighted by Crippen LogP contribution is -2.25. The number of benzene rings is 2. The van der Waals surface area contributed by atoms with Crippen LogP contribution < -0.4 is 10.2 Å². The Morgan fingerprint density at radius 2 is 1.71 bits per heavy atom. The third kappa shape index (κ3) is 4.35. The first-order valence-corrected chi connectivity index (χ1v) is 10.2. The molecule has 0 aromatic heterocycles. The van der Waals surface area contributed by atoms with Crippen molar-refractivity contribution in [1.82, 2.24) is 10.2 Å². The molecule has 2 aromatic carbocycles. The highest BCUT2D eigenvalue weighted by Crippen LogP contribution is 2.20. The van der Waals surface area contributed by atoms with Crippen molar-refractivity contribution in [2.75, 3.05) is 24.5 Å². The molecule has 2 amide bonds. The largest absolute Gasteiger partial charge is 0.372 e. The van der Waals surface area contributed by atoms with Gasteiger partial charge in [0.1, 0.15) is 0 Å². The summed E-state index contributed by atoms with van der Waals surface area (Å²) in [6, 6.07) is 16.0. The maximum Gasteiger partial charge on any atom is 0.251 e. The third-order valence-electron chi connectivity index (χ3n) is 5.59. The van der Waals surface area contributed by atoms with E-state index in [0.717, 1.165) is 37.2 Å². The molecule has 5 nitrogen and oxygen atoms in total. The van der Waals surface area contributed by atoms with Gasteiger partial charge in [0.2, 0.25) is 5.91 Å². The van der Waals surface area contributed by atoms with E-state index in [4.69, 9.17) is 0 Å². The summed E-state index contributed by atoms with van der Waals surface area (Å²) in [5.74, 6) is 0.116. The molecule has 0 atom stereocenters. The highest BCUT2D eigenvalue weighted by atomic mass is 16.2. The molecule has 0 spiro atoms. The molecule has 0 unspecified atom stereocenters. The Morgan fingerprint density at radius 1 is 0.929 bits per heavy atom. The second-order valence-electron chi connectivity index (χ2n) is 7.66. The summed E-state index contributed by atoms with van der Waals surface area (Å²) in [4.78, 5) is 28.6. The van der Waals surface area contributed by atoms with E-state index in [1.165, 1.54) is 18.5 Å². The van der Waals surface area contributed by atoms with Gasteiger partial charge in [0.05, 0.1) is 0 Å². The van der Waals surface area contributed by atoms with Gasteiger partial charge in [-0.3, -0.25) is 9.59 Å². The van der Waals surface area contributed by atoms with Gasteiger partial charge in [-0.2, -0.15) is 0 Å². The van der Waals surface area contributed by atoms with E-state index < -0.39 is 0 Å². The number of hydrogen-bond acceptors (Lipinski definition) is 3. The van der Waals surface area contributed by atoms with Crippen molar-refractivity contribution in [2.24, 2.45) is 0 Å². The van der Waals surface area contributed by atoms with Crippen molar-refractivity contribution >= 4 is 17.5 Å². The number of rotatable bonds is 6. The van der Waals surface area contributed by atoms with Gasteiger partial charge in [0, 0.05) is 50.4 Å². The SMILES string of the molecule is O=C(NCc1ccc(N2CCCC2)cc1)c1cccc(CN2CCCC2=O)c1. The average molecular weight is 377 g/mol. The van der Waals surface area contributed by atoms with Gasteiger partial charge >= 0.3 is 0 Å². The summed E-state index contributed by atoms with van der Waals surface area (Å²) >= 11 is 0. The summed E-state index contributed by atoms with van der Waals surface area (Å²) < 4.78 is 0. The Hall–Kier alpha value is -2.82. The Morgan fingerprint density at radius 3 is 2.43 bits per heavy atom. The molecule has 0 aliphatic carbocycles. The molecule has 2 aliphatic heterocycles. The smallest absolute Gasteiger partial charge is 0.251 e. The van der Waals surface area contributed by atoms with Crippen LogP contribution >= 0.6 is 0 Å². The first-order chi connectivity index (χ1) is 13.7. The Kier molecular flexibility index (Phi) is 5.60. The van der Waals surface area contributed by atoms with Crippen LogP contribution in [0.25, 0.3) is 0 Å². The van der Waals surface area contributed by atoms with Crippen LogP contribution in [0.2, 0.25) is 0 Å². The first-order valence-electron chi connectivity index (χ1n) is 10.2. The number of likely N-dealkylation sites (tertiary alicyclic amines) is 1. The highest BCUT2D eigenvalue weighted by Gasteiger charge is 2.20. The Bertz CT molecular complexity index is 841. The Balaban J connectivity index is 1.33. The zero-order valence-corrected chi connectivity index (χ0v) is 16.2. The quantitative estimate of drug-likeness (QED) is 0.840. The normalized spacial score (nSPS) is 16.6. The number of anilines is 1. The predicted molar refractivity (Wildman–Crippen MR) is 110 cm³/mol. The number of nitrogens with zero attached hydrogens (tertiary/aromatic N) is 2. The second-order valence-corrected chi connectivity index (χ2v) is 7.66. The van der Waals surface area contributed by atoms with Crippen LogP contribution in [-0.2, 0) is 17.9 Å². The van der Waals surface area contributed by atoms with Gasteiger partial charge in [-0.1, -0.05) is 24.3 Å². The lowest BCUT2D eigenvalue weighted by atomic mass is 10.1. The van der Waals surface area contributed by atoms with Crippen LogP contribution in [0.15, 0.2) is 48.5 Å². The van der Waals surface area contributed by atoms with Crippen molar-refractivity contribution in [1.29, 1.82) is 0 Å². The molecule has 2 aliphatic rings. The van der Waals surface area contributed by atoms with Crippen molar-refractivity contribution in [2.45, 2.75) is 38.8 Å². The molecule has 2 aromatic rings. The van der Waals surface area contributed by atoms with Crippen molar-refractivity contribution < 1.29 is 9.59 Å². The highest BCUT2D eigenvalue weighted by molar-refractivity contribution is 5.94. The van der Waals surface area contributed by atoms with Gasteiger partial charge in [-0.25, -0.2) is 0 Å². The van der Waals surface area contributed by atoms with E-state index in [1.807, 2.05) is 29.2 Å². The van der Waals surface area contributed by atoms with E-state index in [1.54, 1.807) is 0 Å². The Labute approximate surface area is 166 Å². The molecule has 2 saturated heterocycles. The van der Waals surface area contributed by atoms with Crippen LogP contribution in [0.5, 0.6) is 0 Å². The molecule has 5 heteroatoms. The molecule has 2 heterocycles. The van der Waals surface area contributed by atoms with Crippen LogP contribution in [0.3, 0.4) is 0 Å². The second kappa shape index (κ2) is 8.46. The van der Waals surface area contributed by atoms with E-state index in [0.29, 0.717) is 25.1 Å². The van der Waals surface area contributed by atoms with Crippen molar-refractivity contribution in [3.63, 3.8) is 0 Å². The molecular formula is C23H27N3O2. The van der Waals surface area contributed by atoms with Gasteiger partial charge in [0.25, 0.3) is 5.91 Å². The number of carbonyl (C=O) groups is 2. The standard InChI is InChI=1S/C23H27N3O2/c27-22-7-4-14-26(22)17-19-5-3-6-20(15-19)23(28)24-16-18-8-10-21(11-9-18)25-12-1-2-13-25/h3,5-6,8-11,15H,1-2,4,7,12-14,16-17H2,(H,24,28). The topological polar surface area (TPSA) is 52.7 Å². The fourth-order valence-electron chi connectivity index (χ4n) is 3.99. The van der Waals surface area contributed by atoms with E-state index in [2.05, 4.69) is 34.5 Å². The van der Waals surface area contributed by atoms with Crippen molar-refractivity contribution in [3.8, 4) is 0 Å². The molecule has 0 bridgehead atoms. The molecule has 28 heavy (non-hydrogen) atoms. The number of amides is 2. The lowest BCUT2D eigenvalue weighted by molar-refractivity contribution is -0.128. The van der Waals surface area contributed by atoms with E-state index >= 15 is 0 Å². The number of nitrogens with one attached hydrogen (secondary N) is 1. The van der Waals surface area contributed by atoms with Crippen LogP contribution in [-0.4, -0.2) is 36.3 Å². The van der Waals surface area contributed by atoms with Crippen LogP contribution in [0.4, 0.5) is 5.69 Å². The van der Waals surface area contributed by atoms with Gasteiger partial charge in [-0.05, 0) is 54.7 Å². The lowest BCUT2D eigenvalue weighted by Gasteiger charge is -2.18. The maximum absolute atomic E-state index is 12.5. The summed E-state index contributed by atoms with van der Waals surface area (Å²) in [5, 5.41) is 3.00. The number of carbonyl (C=O) groups excluding carboxylic acids is 2. The fourth-order valence-corrected chi connectivity index (χ4v) is 3.99. The summed E-state index contributed by atoms with van der Waals surface area (Å²) in [6.45, 7) is 4.17. The zero-order chi connectivity index (χ0) is 19.3. The summed E-state index contributed by atoms with van der Waals surface area (Å²) in [6.07, 6.45) is 4.10. The van der Waals surface area contributed by atoms with Gasteiger partial charge in [-0.15, -0.1) is 0 Å². The first kappa shape index (κ1) is 18.5. The minimum atomic E-state index is -0.0850. The fraction of sp³-hybridized carbons (Fsp3) is 0.391. The van der Waals surface area contributed by atoms with E-state index in [-0.39, 0.29) is 11.8 Å². The van der Waals surface area contributed by atoms with Crippen LogP contribution in [0.1, 0.15) is 47.2 Å². The van der Waals surface area contributed by atoms with E-state index in [9.17, 15) is 9.59 Å². The van der Waals surface area contributed by atoms with Crippen molar-refractivity contribution in [3.05, 3.63) is 65.2 Å². The number of hydrogen-bond donors (Lipinski definition) is 1. The molecule has 146 valence electrons. The molecule has 1 N–H and O–H groups in total. The minimum Gasteiger partial charge on any atom is -0.372 e. The van der Waals surface area contributed by atoms with Gasteiger partial charge in [0.15, 0.2) is 0 Å². The minimum absolute atomic E-state index is 0.0850. The molecule has 4 rings (SSSR count). The average Bonchev–Trinajstić information content (AvgIpc) is 3.39. The monoisotopic (exact) mass is 377 g/mol. The maximum atomic E-state index is 12.5. The van der Waals surface area contributed by atoms with Crippen LogP contribution in [0, 0.1) is 0 Å². The molecule has 2 fully saturated rings. The summed E-state index contributed by atoms with van der Waals surface area (Å²) in [7, 11) is 0.